The second-order valence-corrected chi connectivity index (χ2v) is 5.01. The molecule has 54 valence electrons. The summed E-state index contributed by atoms with van der Waals surface area (Å²) < 4.78 is 0. The van der Waals surface area contributed by atoms with Gasteiger partial charge >= 0.3 is 0 Å². The van der Waals surface area contributed by atoms with Crippen molar-refractivity contribution in [2.45, 2.75) is 24.5 Å². The smallest absolute Gasteiger partial charge is 0.0558 e. The van der Waals surface area contributed by atoms with Crippen LogP contribution in [-0.2, 0) is 0 Å². The van der Waals surface area contributed by atoms with Gasteiger partial charge in [-0.3, -0.25) is 0 Å². The molecule has 3 heteroatoms. The molecule has 1 aliphatic rings. The molecule has 1 atom stereocenters. The van der Waals surface area contributed by atoms with Crippen molar-refractivity contribution in [2.75, 3.05) is 12.4 Å². The second kappa shape index (κ2) is 4.47. The highest BCUT2D eigenvalue weighted by Gasteiger charge is 2.10. The van der Waals surface area contributed by atoms with E-state index in [1.165, 1.54) is 25.0 Å². The lowest BCUT2D eigenvalue weighted by Crippen LogP contribution is -2.04. The molecule has 0 aromatic heterocycles. The molecule has 0 aromatic carbocycles. The van der Waals surface area contributed by atoms with Crippen LogP contribution in [0.15, 0.2) is 0 Å². The number of aliphatic hydroxyl groups is 1. The molecule has 1 unspecified atom stereocenters. The van der Waals surface area contributed by atoms with Crippen LogP contribution in [0.25, 0.3) is 0 Å². The zero-order chi connectivity index (χ0) is 6.53. The Hall–Kier alpha value is 0.660. The molecular weight excluding hydrogens is 152 g/mol. The zero-order valence-corrected chi connectivity index (χ0v) is 7.01. The van der Waals surface area contributed by atoms with Crippen LogP contribution in [0.5, 0.6) is 0 Å². The Balaban J connectivity index is 2.18. The van der Waals surface area contributed by atoms with Crippen LogP contribution in [0, 0.1) is 0 Å². The molecule has 9 heavy (non-hydrogen) atoms. The van der Waals surface area contributed by atoms with Crippen LogP contribution >= 0.6 is 21.6 Å². The quantitative estimate of drug-likeness (QED) is 0.598. The normalized spacial score (nSPS) is 29.7. The van der Waals surface area contributed by atoms with Crippen LogP contribution in [0.1, 0.15) is 19.3 Å². The van der Waals surface area contributed by atoms with E-state index in [1.54, 1.807) is 0 Å². The lowest BCUT2D eigenvalue weighted by molar-refractivity contribution is 0.289. The van der Waals surface area contributed by atoms with Gasteiger partial charge in [-0.25, -0.2) is 0 Å². The Kier molecular flexibility index (Phi) is 3.86. The predicted octanol–water partition coefficient (Wildman–Crippen LogP) is 1.91. The Morgan fingerprint density at radius 3 is 3.11 bits per heavy atom. The molecule has 1 N–H and O–H groups in total. The summed E-state index contributed by atoms with van der Waals surface area (Å²) in [6.45, 7) is 0.359. The molecule has 1 rings (SSSR count). The van der Waals surface area contributed by atoms with Gasteiger partial charge in [0.05, 0.1) is 6.61 Å². The average Bonchev–Trinajstić information content (AvgIpc) is 2.13. The molecule has 0 aromatic rings. The Bertz CT molecular complexity index is 69.5. The largest absolute Gasteiger partial charge is 0.395 e. The molecule has 0 bridgehead atoms. The van der Waals surface area contributed by atoms with Crippen molar-refractivity contribution in [3.05, 3.63) is 0 Å². The molecule has 1 aliphatic heterocycles. The van der Waals surface area contributed by atoms with E-state index in [1.807, 2.05) is 21.6 Å². The van der Waals surface area contributed by atoms with Gasteiger partial charge in [-0.15, -0.1) is 0 Å². The van der Waals surface area contributed by atoms with Gasteiger partial charge in [0.1, 0.15) is 0 Å². The number of aliphatic hydroxyl groups excluding tert-OH is 1. The maximum absolute atomic E-state index is 8.78. The summed E-state index contributed by atoms with van der Waals surface area (Å²) in [6.07, 6.45) is 3.83. The van der Waals surface area contributed by atoms with Gasteiger partial charge in [0, 0.05) is 11.0 Å². The summed E-state index contributed by atoms with van der Waals surface area (Å²) in [6, 6.07) is 0. The first-order valence-electron chi connectivity index (χ1n) is 3.32. The fourth-order valence-corrected chi connectivity index (χ4v) is 3.47. The van der Waals surface area contributed by atoms with Gasteiger partial charge in [-0.2, -0.15) is 0 Å². The highest BCUT2D eigenvalue weighted by Crippen LogP contribution is 2.33. The molecule has 0 saturated carbocycles. The number of rotatable bonds is 1. The first-order valence-corrected chi connectivity index (χ1v) is 5.71. The standard InChI is InChI=1S/C6H12OS2/c7-5-6-3-1-2-4-8-9-6/h6-7H,1-5H2. The van der Waals surface area contributed by atoms with E-state index in [2.05, 4.69) is 0 Å². The summed E-state index contributed by atoms with van der Waals surface area (Å²) in [5.74, 6) is 1.27. The maximum atomic E-state index is 8.78. The lowest BCUT2D eigenvalue weighted by atomic mass is 10.2. The molecular formula is C6H12OS2. The van der Waals surface area contributed by atoms with E-state index in [9.17, 15) is 0 Å². The first kappa shape index (κ1) is 7.76. The third-order valence-corrected chi connectivity index (χ3v) is 4.38. The van der Waals surface area contributed by atoms with Crippen LogP contribution in [-0.4, -0.2) is 22.7 Å². The van der Waals surface area contributed by atoms with Crippen molar-refractivity contribution >= 4 is 21.6 Å². The predicted molar refractivity (Wildman–Crippen MR) is 44.8 cm³/mol. The average molecular weight is 164 g/mol. The van der Waals surface area contributed by atoms with Crippen molar-refractivity contribution in [1.82, 2.24) is 0 Å². The molecule has 0 spiro atoms. The molecule has 0 radical (unpaired) electrons. The van der Waals surface area contributed by atoms with E-state index in [-0.39, 0.29) is 0 Å². The van der Waals surface area contributed by atoms with Gasteiger partial charge in [0.25, 0.3) is 0 Å². The Morgan fingerprint density at radius 1 is 1.44 bits per heavy atom. The summed E-state index contributed by atoms with van der Waals surface area (Å²) in [5.41, 5.74) is 0. The zero-order valence-electron chi connectivity index (χ0n) is 5.38. The summed E-state index contributed by atoms with van der Waals surface area (Å²) in [4.78, 5) is 0. The second-order valence-electron chi connectivity index (χ2n) is 2.22. The summed E-state index contributed by atoms with van der Waals surface area (Å²) >= 11 is 0. The fourth-order valence-electron chi connectivity index (χ4n) is 0.847. The molecule has 1 fully saturated rings. The van der Waals surface area contributed by atoms with Gasteiger partial charge in [0.2, 0.25) is 0 Å². The Labute approximate surface area is 64.0 Å². The summed E-state index contributed by atoms with van der Waals surface area (Å²) in [5, 5.41) is 9.29. The highest BCUT2D eigenvalue weighted by atomic mass is 33.1. The summed E-state index contributed by atoms with van der Waals surface area (Å²) in [7, 11) is 3.76. The van der Waals surface area contributed by atoms with E-state index >= 15 is 0 Å². The monoisotopic (exact) mass is 164 g/mol. The topological polar surface area (TPSA) is 20.2 Å². The Morgan fingerprint density at radius 2 is 2.33 bits per heavy atom. The van der Waals surface area contributed by atoms with Gasteiger partial charge in [-0.1, -0.05) is 28.0 Å². The first-order chi connectivity index (χ1) is 4.43. The van der Waals surface area contributed by atoms with Gasteiger partial charge in [0.15, 0.2) is 0 Å². The van der Waals surface area contributed by atoms with Crippen molar-refractivity contribution in [1.29, 1.82) is 0 Å². The molecule has 1 saturated heterocycles. The van der Waals surface area contributed by atoms with Crippen molar-refractivity contribution in [3.8, 4) is 0 Å². The van der Waals surface area contributed by atoms with Crippen LogP contribution in [0.4, 0.5) is 0 Å². The minimum atomic E-state index is 0.359. The molecule has 1 nitrogen and oxygen atoms in total. The molecule has 0 aliphatic carbocycles. The maximum Gasteiger partial charge on any atom is 0.0558 e. The van der Waals surface area contributed by atoms with Gasteiger partial charge < -0.3 is 5.11 Å². The number of hydrogen-bond acceptors (Lipinski definition) is 3. The van der Waals surface area contributed by atoms with Gasteiger partial charge in [-0.05, 0) is 12.8 Å². The minimum Gasteiger partial charge on any atom is -0.395 e. The molecule has 0 amide bonds. The molecule has 1 heterocycles. The van der Waals surface area contributed by atoms with Crippen LogP contribution < -0.4 is 0 Å². The van der Waals surface area contributed by atoms with Crippen molar-refractivity contribution in [3.63, 3.8) is 0 Å². The number of hydrogen-bond donors (Lipinski definition) is 1. The minimum absolute atomic E-state index is 0.359. The van der Waals surface area contributed by atoms with E-state index < -0.39 is 0 Å². The van der Waals surface area contributed by atoms with E-state index in [4.69, 9.17) is 5.11 Å². The SMILES string of the molecule is OCC1CCCCSS1. The third-order valence-electron chi connectivity index (χ3n) is 1.41. The van der Waals surface area contributed by atoms with E-state index in [0.717, 1.165) is 0 Å². The van der Waals surface area contributed by atoms with Crippen LogP contribution in [0.3, 0.4) is 0 Å². The highest BCUT2D eigenvalue weighted by molar-refractivity contribution is 8.76. The van der Waals surface area contributed by atoms with Crippen LogP contribution in [0.2, 0.25) is 0 Å². The van der Waals surface area contributed by atoms with Crippen molar-refractivity contribution in [2.24, 2.45) is 0 Å². The lowest BCUT2D eigenvalue weighted by Gasteiger charge is -2.06. The van der Waals surface area contributed by atoms with Crippen molar-refractivity contribution < 1.29 is 5.11 Å². The third kappa shape index (κ3) is 2.83. The fraction of sp³-hybridized carbons (Fsp3) is 1.00. The van der Waals surface area contributed by atoms with E-state index in [0.29, 0.717) is 11.9 Å².